The molecular weight excluding hydrogens is 227 g/mol. The number of aromatic nitrogens is 3. The molecule has 2 rings (SSSR count). The van der Waals surface area contributed by atoms with Crippen molar-refractivity contribution in [3.8, 4) is 11.5 Å². The molecule has 17 heavy (non-hydrogen) atoms. The Kier molecular flexibility index (Phi) is 3.40. The molecule has 2 aromatic rings. The molecule has 1 unspecified atom stereocenters. The molecule has 0 bridgehead atoms. The van der Waals surface area contributed by atoms with E-state index in [-0.39, 0.29) is 23.9 Å². The van der Waals surface area contributed by atoms with Crippen molar-refractivity contribution in [3.05, 3.63) is 30.1 Å². The summed E-state index contributed by atoms with van der Waals surface area (Å²) < 4.78 is 23.2. The van der Waals surface area contributed by atoms with Crippen molar-refractivity contribution < 1.29 is 13.7 Å². The van der Waals surface area contributed by atoms with E-state index in [1.807, 2.05) is 0 Å². The molecule has 7 heteroatoms. The Morgan fingerprint density at radius 1 is 1.59 bits per heavy atom. The molecule has 6 nitrogen and oxygen atoms in total. The number of hydrogen-bond donors (Lipinski definition) is 1. The highest BCUT2D eigenvalue weighted by Gasteiger charge is 2.17. The van der Waals surface area contributed by atoms with Crippen molar-refractivity contribution in [1.82, 2.24) is 15.1 Å². The second kappa shape index (κ2) is 4.98. The van der Waals surface area contributed by atoms with Gasteiger partial charge in [0.05, 0.1) is 24.4 Å². The lowest BCUT2D eigenvalue weighted by molar-refractivity contribution is 0.177. The summed E-state index contributed by atoms with van der Waals surface area (Å²) in [6.07, 6.45) is 2.52. The van der Waals surface area contributed by atoms with Gasteiger partial charge in [-0.25, -0.2) is 4.39 Å². The van der Waals surface area contributed by atoms with Crippen molar-refractivity contribution in [3.63, 3.8) is 0 Å². The van der Waals surface area contributed by atoms with E-state index >= 15 is 0 Å². The zero-order valence-corrected chi connectivity index (χ0v) is 9.13. The summed E-state index contributed by atoms with van der Waals surface area (Å²) in [7, 11) is 1.52. The van der Waals surface area contributed by atoms with Crippen LogP contribution in [0.5, 0.6) is 0 Å². The Bertz CT molecular complexity index is 503. The van der Waals surface area contributed by atoms with E-state index in [2.05, 4.69) is 15.1 Å². The molecule has 1 atom stereocenters. The van der Waals surface area contributed by atoms with Gasteiger partial charge >= 0.3 is 0 Å². The van der Waals surface area contributed by atoms with Gasteiger partial charge in [0.15, 0.2) is 11.6 Å². The van der Waals surface area contributed by atoms with E-state index < -0.39 is 11.9 Å². The molecular formula is C10H11FN4O2. The lowest BCUT2D eigenvalue weighted by Gasteiger charge is -2.03. The third-order valence-corrected chi connectivity index (χ3v) is 2.12. The maximum absolute atomic E-state index is 13.4. The highest BCUT2D eigenvalue weighted by molar-refractivity contribution is 5.52. The minimum absolute atomic E-state index is 0.0754. The topological polar surface area (TPSA) is 87.1 Å². The minimum Gasteiger partial charge on any atom is -0.383 e. The normalized spacial score (nSPS) is 12.6. The first-order valence-electron chi connectivity index (χ1n) is 4.90. The van der Waals surface area contributed by atoms with Gasteiger partial charge in [-0.05, 0) is 6.07 Å². The lowest BCUT2D eigenvalue weighted by Crippen LogP contribution is -2.17. The first kappa shape index (κ1) is 11.6. The van der Waals surface area contributed by atoms with Gasteiger partial charge in [-0.15, -0.1) is 0 Å². The maximum Gasteiger partial charge on any atom is 0.261 e. The third-order valence-electron chi connectivity index (χ3n) is 2.12. The van der Waals surface area contributed by atoms with Gasteiger partial charge in [0.1, 0.15) is 0 Å². The van der Waals surface area contributed by atoms with E-state index in [1.54, 1.807) is 0 Å². The van der Waals surface area contributed by atoms with Crippen molar-refractivity contribution in [1.29, 1.82) is 0 Å². The van der Waals surface area contributed by atoms with Crippen LogP contribution in [0.15, 0.2) is 23.0 Å². The van der Waals surface area contributed by atoms with E-state index in [0.29, 0.717) is 0 Å². The fourth-order valence-electron chi connectivity index (χ4n) is 1.30. The third kappa shape index (κ3) is 2.45. The summed E-state index contributed by atoms with van der Waals surface area (Å²) in [5.41, 5.74) is 5.92. The second-order valence-electron chi connectivity index (χ2n) is 3.38. The lowest BCUT2D eigenvalue weighted by atomic mass is 10.2. The Hall–Kier alpha value is -1.86. The molecule has 2 heterocycles. The van der Waals surface area contributed by atoms with Crippen LogP contribution < -0.4 is 5.73 Å². The van der Waals surface area contributed by atoms with Crippen molar-refractivity contribution >= 4 is 0 Å². The number of hydrogen-bond acceptors (Lipinski definition) is 6. The molecule has 0 amide bonds. The average molecular weight is 238 g/mol. The Balaban J connectivity index is 2.27. The van der Waals surface area contributed by atoms with E-state index in [9.17, 15) is 4.39 Å². The van der Waals surface area contributed by atoms with Crippen LogP contribution in [-0.4, -0.2) is 28.8 Å². The quantitative estimate of drug-likeness (QED) is 0.852. The minimum atomic E-state index is -0.525. The molecule has 0 aliphatic carbocycles. The Morgan fingerprint density at radius 3 is 3.12 bits per heavy atom. The van der Waals surface area contributed by atoms with Gasteiger partial charge in [-0.3, -0.25) is 4.98 Å². The van der Waals surface area contributed by atoms with Gasteiger partial charge < -0.3 is 15.0 Å². The van der Waals surface area contributed by atoms with Crippen molar-refractivity contribution in [2.45, 2.75) is 6.04 Å². The Morgan fingerprint density at radius 2 is 2.41 bits per heavy atom. The maximum atomic E-state index is 13.4. The molecule has 2 aromatic heterocycles. The molecule has 90 valence electrons. The van der Waals surface area contributed by atoms with Gasteiger partial charge in [0.2, 0.25) is 0 Å². The molecule has 0 spiro atoms. The molecule has 2 N–H and O–H groups in total. The summed E-state index contributed by atoms with van der Waals surface area (Å²) in [6, 6.07) is 0.955. The van der Waals surface area contributed by atoms with Gasteiger partial charge in [0, 0.05) is 13.3 Å². The van der Waals surface area contributed by atoms with Crippen LogP contribution in [0.1, 0.15) is 11.9 Å². The zero-order chi connectivity index (χ0) is 12.3. The standard InChI is InChI=1S/C10H11FN4O2/c1-16-5-8(12)9-14-10(17-15-9)6-2-3-13-4-7(6)11/h2-4,8H,5,12H2,1H3. The van der Waals surface area contributed by atoms with Crippen molar-refractivity contribution in [2.75, 3.05) is 13.7 Å². The number of nitrogens with zero attached hydrogens (tertiary/aromatic N) is 3. The van der Waals surface area contributed by atoms with Gasteiger partial charge in [-0.2, -0.15) is 4.98 Å². The Labute approximate surface area is 96.6 Å². The number of ether oxygens (including phenoxy) is 1. The molecule has 0 saturated carbocycles. The second-order valence-corrected chi connectivity index (χ2v) is 3.38. The summed E-state index contributed by atoms with van der Waals surface area (Å²) in [5.74, 6) is -0.174. The number of pyridine rings is 1. The smallest absolute Gasteiger partial charge is 0.261 e. The predicted molar refractivity (Wildman–Crippen MR) is 56.3 cm³/mol. The number of halogens is 1. The largest absolute Gasteiger partial charge is 0.383 e. The van der Waals surface area contributed by atoms with E-state index in [0.717, 1.165) is 6.20 Å². The molecule has 0 fully saturated rings. The highest BCUT2D eigenvalue weighted by atomic mass is 19.1. The van der Waals surface area contributed by atoms with Crippen molar-refractivity contribution in [2.24, 2.45) is 5.73 Å². The first-order valence-corrected chi connectivity index (χ1v) is 4.90. The predicted octanol–water partition coefficient (Wildman–Crippen LogP) is 0.917. The van der Waals surface area contributed by atoms with Crippen LogP contribution >= 0.6 is 0 Å². The SMILES string of the molecule is COCC(N)c1noc(-c2ccncc2F)n1. The fraction of sp³-hybridized carbons (Fsp3) is 0.300. The van der Waals surface area contributed by atoms with E-state index in [1.165, 1.54) is 19.4 Å². The molecule has 0 radical (unpaired) electrons. The summed E-state index contributed by atoms with van der Waals surface area (Å²) in [6.45, 7) is 0.262. The van der Waals surface area contributed by atoms with E-state index in [4.69, 9.17) is 15.0 Å². The number of methoxy groups -OCH3 is 1. The van der Waals surface area contributed by atoms with Crippen LogP contribution in [0.2, 0.25) is 0 Å². The van der Waals surface area contributed by atoms with Crippen LogP contribution in [-0.2, 0) is 4.74 Å². The van der Waals surface area contributed by atoms with Gasteiger partial charge in [-0.1, -0.05) is 5.16 Å². The molecule has 0 aliphatic rings. The molecule has 0 saturated heterocycles. The monoisotopic (exact) mass is 238 g/mol. The van der Waals surface area contributed by atoms with Crippen LogP contribution in [0.3, 0.4) is 0 Å². The van der Waals surface area contributed by atoms with Crippen LogP contribution in [0, 0.1) is 5.82 Å². The zero-order valence-electron chi connectivity index (χ0n) is 9.13. The summed E-state index contributed by atoms with van der Waals surface area (Å²) >= 11 is 0. The number of rotatable bonds is 4. The first-order chi connectivity index (χ1) is 8.22. The van der Waals surface area contributed by atoms with Crippen LogP contribution in [0.25, 0.3) is 11.5 Å². The highest BCUT2D eigenvalue weighted by Crippen LogP contribution is 2.20. The number of nitrogens with two attached hydrogens (primary N) is 1. The fourth-order valence-corrected chi connectivity index (χ4v) is 1.30. The van der Waals surface area contributed by atoms with Gasteiger partial charge in [0.25, 0.3) is 5.89 Å². The molecule has 0 aromatic carbocycles. The summed E-state index contributed by atoms with van der Waals surface area (Å²) in [4.78, 5) is 7.64. The molecule has 0 aliphatic heterocycles. The summed E-state index contributed by atoms with van der Waals surface area (Å²) in [5, 5.41) is 3.67. The van der Waals surface area contributed by atoms with Crippen LogP contribution in [0.4, 0.5) is 4.39 Å². The average Bonchev–Trinajstić information content (AvgIpc) is 2.79.